The summed E-state index contributed by atoms with van der Waals surface area (Å²) in [6.07, 6.45) is 0.186. The summed E-state index contributed by atoms with van der Waals surface area (Å²) in [4.78, 5) is 31.8. The minimum atomic E-state index is -1.42. The molecule has 3 aliphatic rings. The van der Waals surface area contributed by atoms with E-state index in [2.05, 4.69) is 26.0 Å². The van der Waals surface area contributed by atoms with Crippen LogP contribution >= 0.6 is 15.9 Å². The number of hydrogen-bond donors (Lipinski definition) is 1. The molecule has 9 heteroatoms. The number of nitrogens with two attached hydrogens (primary N) is 1. The van der Waals surface area contributed by atoms with Gasteiger partial charge in [0.05, 0.1) is 5.41 Å². The average molecular weight is 572 g/mol. The van der Waals surface area contributed by atoms with Crippen LogP contribution in [-0.4, -0.2) is 25.6 Å². The van der Waals surface area contributed by atoms with Gasteiger partial charge in [0.2, 0.25) is 5.95 Å². The number of nitrogen functional groups attached to an aromatic ring is 1. The molecule has 7 rings (SSSR count). The van der Waals surface area contributed by atoms with Crippen molar-refractivity contribution in [2.45, 2.75) is 43.6 Å². The highest BCUT2D eigenvalue weighted by Crippen LogP contribution is 2.62. The molecule has 0 saturated heterocycles. The number of rotatable bonds is 4. The van der Waals surface area contributed by atoms with Crippen molar-refractivity contribution in [3.05, 3.63) is 121 Å². The van der Waals surface area contributed by atoms with Crippen molar-refractivity contribution in [1.82, 2.24) is 14.8 Å². The van der Waals surface area contributed by atoms with Crippen LogP contribution in [0.3, 0.4) is 0 Å². The predicted octanol–water partition coefficient (Wildman–Crippen LogP) is 5.45. The van der Waals surface area contributed by atoms with Gasteiger partial charge in [0.15, 0.2) is 5.82 Å². The summed E-state index contributed by atoms with van der Waals surface area (Å²) in [5.41, 5.74) is 6.46. The number of aromatic nitrogens is 3. The van der Waals surface area contributed by atoms with E-state index in [1.54, 1.807) is 24.3 Å². The molecule has 0 aliphatic heterocycles. The molecule has 3 aromatic carbocycles. The van der Waals surface area contributed by atoms with E-state index in [9.17, 15) is 14.9 Å². The number of hydrogen-bond acceptors (Lipinski definition) is 6. The standard InChI is InChI=1S/C29H26BrN5O3/c1-17-16-28(35(37)38)20-8-4-6-10-22(20)29(17,23-11-7-5-9-21(23)28)25(36)34-26(31)32-24(33-34)27(2,3)18-12-14-19(30)15-13-18/h4-15,17H,16H2,1-3H3,(H2,31,32,33). The largest absolute Gasteiger partial charge is 0.368 e. The van der Waals surface area contributed by atoms with Crippen molar-refractivity contribution < 1.29 is 9.72 Å². The molecule has 0 spiro atoms. The second kappa shape index (κ2) is 8.07. The maximum atomic E-state index is 14.7. The molecule has 1 unspecified atom stereocenters. The van der Waals surface area contributed by atoms with Gasteiger partial charge >= 0.3 is 0 Å². The third-order valence-electron chi connectivity index (χ3n) is 8.53. The maximum absolute atomic E-state index is 14.7. The van der Waals surface area contributed by atoms with Gasteiger partial charge in [0.25, 0.3) is 11.4 Å². The molecule has 0 radical (unpaired) electrons. The summed E-state index contributed by atoms with van der Waals surface area (Å²) >= 11 is 3.47. The van der Waals surface area contributed by atoms with E-state index in [0.717, 1.165) is 10.0 Å². The van der Waals surface area contributed by atoms with Crippen LogP contribution in [0.2, 0.25) is 0 Å². The smallest absolute Gasteiger partial charge is 0.273 e. The molecular formula is C29H26BrN5O3. The minimum Gasteiger partial charge on any atom is -0.368 e. The lowest BCUT2D eigenvalue weighted by Crippen LogP contribution is -2.61. The maximum Gasteiger partial charge on any atom is 0.273 e. The minimum absolute atomic E-state index is 0.0107. The number of carbonyl (C=O) groups is 1. The van der Waals surface area contributed by atoms with E-state index in [4.69, 9.17) is 5.73 Å². The molecule has 0 saturated carbocycles. The number of nitro groups is 1. The van der Waals surface area contributed by atoms with Crippen LogP contribution in [-0.2, 0) is 16.4 Å². The fraction of sp³-hybridized carbons (Fsp3) is 0.276. The zero-order chi connectivity index (χ0) is 27.0. The molecule has 1 aromatic heterocycles. The Hall–Kier alpha value is -3.85. The average Bonchev–Trinajstić information content (AvgIpc) is 3.31. The van der Waals surface area contributed by atoms with Crippen molar-refractivity contribution in [1.29, 1.82) is 0 Å². The van der Waals surface area contributed by atoms with Crippen molar-refractivity contribution in [3.8, 4) is 0 Å². The third kappa shape index (κ3) is 2.93. The molecule has 4 aromatic rings. The van der Waals surface area contributed by atoms with Crippen LogP contribution in [0, 0.1) is 16.0 Å². The first-order chi connectivity index (χ1) is 18.1. The van der Waals surface area contributed by atoms with E-state index in [1.165, 1.54) is 4.68 Å². The molecule has 1 atom stereocenters. The Morgan fingerprint density at radius 3 is 2.08 bits per heavy atom. The van der Waals surface area contributed by atoms with Gasteiger partial charge in [-0.1, -0.05) is 83.5 Å². The first-order valence-electron chi connectivity index (χ1n) is 12.4. The molecule has 38 heavy (non-hydrogen) atoms. The molecule has 2 N–H and O–H groups in total. The lowest BCUT2D eigenvalue weighted by Gasteiger charge is -2.53. The lowest BCUT2D eigenvalue weighted by atomic mass is 9.48. The topological polar surface area (TPSA) is 117 Å². The van der Waals surface area contributed by atoms with Gasteiger partial charge in [-0.3, -0.25) is 14.9 Å². The van der Waals surface area contributed by atoms with Gasteiger partial charge in [-0.25, -0.2) is 0 Å². The normalized spacial score (nSPS) is 23.5. The second-order valence-corrected chi connectivity index (χ2v) is 11.7. The van der Waals surface area contributed by atoms with E-state index in [-0.39, 0.29) is 23.2 Å². The molecule has 8 nitrogen and oxygen atoms in total. The Labute approximate surface area is 228 Å². The Morgan fingerprint density at radius 2 is 1.55 bits per heavy atom. The zero-order valence-corrected chi connectivity index (χ0v) is 22.8. The Bertz CT molecular complexity index is 1580. The molecule has 0 fully saturated rings. The zero-order valence-electron chi connectivity index (χ0n) is 21.2. The molecule has 2 bridgehead atoms. The van der Waals surface area contributed by atoms with Crippen LogP contribution in [0.1, 0.15) is 65.6 Å². The second-order valence-electron chi connectivity index (χ2n) is 10.8. The molecule has 1 heterocycles. The number of fused-ring (bicyclic) bond motifs is 1. The van der Waals surface area contributed by atoms with Crippen molar-refractivity contribution in [2.24, 2.45) is 5.92 Å². The molecule has 192 valence electrons. The Balaban J connectivity index is 1.57. The number of benzene rings is 3. The number of nitrogens with zero attached hydrogens (tertiary/aromatic N) is 4. The summed E-state index contributed by atoms with van der Waals surface area (Å²) in [6.45, 7) is 5.87. The summed E-state index contributed by atoms with van der Waals surface area (Å²) < 4.78 is 2.15. The highest BCUT2D eigenvalue weighted by Gasteiger charge is 2.68. The Morgan fingerprint density at radius 1 is 1.03 bits per heavy atom. The Kier molecular flexibility index (Phi) is 5.20. The SMILES string of the molecule is CC1CC2([N+](=O)[O-])c3ccccc3C1(C(=O)n1nc(C(C)(C)c3ccc(Br)cc3)nc1N)c1ccccc12. The van der Waals surface area contributed by atoms with Gasteiger partial charge < -0.3 is 5.73 Å². The molecular weight excluding hydrogens is 546 g/mol. The molecule has 3 aliphatic carbocycles. The quantitative estimate of drug-likeness (QED) is 0.257. The lowest BCUT2D eigenvalue weighted by molar-refractivity contribution is -0.572. The van der Waals surface area contributed by atoms with Crippen LogP contribution in [0.15, 0.2) is 77.3 Å². The summed E-state index contributed by atoms with van der Waals surface area (Å²) in [6, 6.07) is 22.3. The fourth-order valence-corrected chi connectivity index (χ4v) is 6.89. The first-order valence-corrected chi connectivity index (χ1v) is 13.2. The van der Waals surface area contributed by atoms with E-state index in [1.807, 2.05) is 69.3 Å². The van der Waals surface area contributed by atoms with Gasteiger partial charge in [-0.05, 0) is 48.6 Å². The van der Waals surface area contributed by atoms with Crippen LogP contribution in [0.4, 0.5) is 5.95 Å². The molecule has 0 amide bonds. The summed E-state index contributed by atoms with van der Waals surface area (Å²) in [5.74, 6) is -0.341. The summed E-state index contributed by atoms with van der Waals surface area (Å²) in [5, 5.41) is 17.4. The van der Waals surface area contributed by atoms with Crippen molar-refractivity contribution >= 4 is 27.8 Å². The van der Waals surface area contributed by atoms with Crippen molar-refractivity contribution in [2.75, 3.05) is 5.73 Å². The summed E-state index contributed by atoms with van der Waals surface area (Å²) in [7, 11) is 0. The van der Waals surface area contributed by atoms with E-state index in [0.29, 0.717) is 28.1 Å². The van der Waals surface area contributed by atoms with Crippen LogP contribution < -0.4 is 5.73 Å². The predicted molar refractivity (Wildman–Crippen MR) is 147 cm³/mol. The van der Waals surface area contributed by atoms with Crippen molar-refractivity contribution in [3.63, 3.8) is 0 Å². The number of halogens is 1. The van der Waals surface area contributed by atoms with E-state index < -0.39 is 22.3 Å². The number of anilines is 1. The van der Waals surface area contributed by atoms with Gasteiger partial charge in [0, 0.05) is 26.9 Å². The van der Waals surface area contributed by atoms with Gasteiger partial charge in [-0.2, -0.15) is 9.67 Å². The van der Waals surface area contributed by atoms with Gasteiger partial charge in [-0.15, -0.1) is 5.10 Å². The monoisotopic (exact) mass is 571 g/mol. The third-order valence-corrected chi connectivity index (χ3v) is 9.06. The van der Waals surface area contributed by atoms with E-state index >= 15 is 0 Å². The fourth-order valence-electron chi connectivity index (χ4n) is 6.63. The first kappa shape index (κ1) is 24.5. The number of carbonyl (C=O) groups excluding carboxylic acids is 1. The van der Waals surface area contributed by atoms with Crippen LogP contribution in [0.5, 0.6) is 0 Å². The highest BCUT2D eigenvalue weighted by molar-refractivity contribution is 9.10. The van der Waals surface area contributed by atoms with Crippen LogP contribution in [0.25, 0.3) is 0 Å². The van der Waals surface area contributed by atoms with Gasteiger partial charge in [0.1, 0.15) is 5.41 Å². The highest BCUT2D eigenvalue weighted by atomic mass is 79.9.